The molecule has 2 amide bonds. The van der Waals surface area contributed by atoms with E-state index in [4.69, 9.17) is 4.74 Å². The Labute approximate surface area is 208 Å². The Morgan fingerprint density at radius 3 is 2.43 bits per heavy atom. The van der Waals surface area contributed by atoms with Crippen molar-refractivity contribution in [1.29, 1.82) is 0 Å². The first-order valence-corrected chi connectivity index (χ1v) is 12.8. The largest absolute Gasteiger partial charge is 0.497 e. The van der Waals surface area contributed by atoms with Crippen molar-refractivity contribution in [2.75, 3.05) is 7.11 Å². The number of hydrogen-bond donors (Lipinski definition) is 1. The molecule has 4 rings (SSSR count). The van der Waals surface area contributed by atoms with Crippen LogP contribution >= 0.6 is 0 Å². The van der Waals surface area contributed by atoms with E-state index in [2.05, 4.69) is 29.6 Å². The zero-order valence-electron chi connectivity index (χ0n) is 20.8. The van der Waals surface area contributed by atoms with Gasteiger partial charge in [-0.1, -0.05) is 74.4 Å². The number of rotatable bonds is 10. The van der Waals surface area contributed by atoms with Gasteiger partial charge in [0.05, 0.1) is 7.11 Å². The lowest BCUT2D eigenvalue weighted by Gasteiger charge is -2.31. The van der Waals surface area contributed by atoms with Gasteiger partial charge in [0, 0.05) is 19.0 Å². The fourth-order valence-electron chi connectivity index (χ4n) is 5.11. The molecule has 1 N–H and O–H groups in total. The lowest BCUT2D eigenvalue weighted by atomic mass is 10.00. The Kier molecular flexibility index (Phi) is 8.40. The summed E-state index contributed by atoms with van der Waals surface area (Å²) >= 11 is 0. The van der Waals surface area contributed by atoms with Gasteiger partial charge in [0.25, 0.3) is 0 Å². The van der Waals surface area contributed by atoms with Crippen molar-refractivity contribution >= 4 is 22.6 Å². The van der Waals surface area contributed by atoms with Crippen LogP contribution in [-0.4, -0.2) is 35.9 Å². The Morgan fingerprint density at radius 1 is 1.00 bits per heavy atom. The third-order valence-corrected chi connectivity index (χ3v) is 7.09. The van der Waals surface area contributed by atoms with Crippen LogP contribution in [0.1, 0.15) is 56.6 Å². The molecule has 1 aliphatic rings. The van der Waals surface area contributed by atoms with E-state index in [1.165, 1.54) is 10.8 Å². The number of aryl methyl sites for hydroxylation is 1. The van der Waals surface area contributed by atoms with Crippen LogP contribution in [0.25, 0.3) is 10.8 Å². The molecule has 0 spiro atoms. The summed E-state index contributed by atoms with van der Waals surface area (Å²) in [4.78, 5) is 28.7. The first-order valence-electron chi connectivity index (χ1n) is 12.8. The molecule has 0 heterocycles. The number of amides is 2. The molecular formula is C30H36N2O3. The number of nitrogens with zero attached hydrogens (tertiary/aromatic N) is 1. The second kappa shape index (κ2) is 11.9. The van der Waals surface area contributed by atoms with Gasteiger partial charge in [0.1, 0.15) is 11.8 Å². The zero-order chi connectivity index (χ0) is 24.6. The quantitative estimate of drug-likeness (QED) is 0.415. The standard InChI is InChI=1S/C30H36N2O3/c1-3-28(30(34)31-25-12-5-6-13-25)32(21-22-15-18-26(35-2)19-16-22)29(33)20-17-24-11-8-10-23-9-4-7-14-27(23)24/h4,7-11,14-16,18-19,25,28H,3,5-6,12-13,17,20-21H2,1-2H3,(H,31,34). The maximum atomic E-state index is 13.6. The average molecular weight is 473 g/mol. The lowest BCUT2D eigenvalue weighted by Crippen LogP contribution is -2.51. The fraction of sp³-hybridized carbons (Fsp3) is 0.400. The van der Waals surface area contributed by atoms with Crippen LogP contribution in [-0.2, 0) is 22.6 Å². The summed E-state index contributed by atoms with van der Waals surface area (Å²) in [5.41, 5.74) is 2.14. The summed E-state index contributed by atoms with van der Waals surface area (Å²) in [6.07, 6.45) is 5.93. The second-order valence-electron chi connectivity index (χ2n) is 9.42. The number of carbonyl (C=O) groups is 2. The van der Waals surface area contributed by atoms with E-state index in [1.807, 2.05) is 49.4 Å². The predicted octanol–water partition coefficient (Wildman–Crippen LogP) is 5.65. The highest BCUT2D eigenvalue weighted by Gasteiger charge is 2.30. The first-order chi connectivity index (χ1) is 17.1. The van der Waals surface area contributed by atoms with Crippen molar-refractivity contribution in [3.05, 3.63) is 77.9 Å². The van der Waals surface area contributed by atoms with E-state index < -0.39 is 6.04 Å². The molecule has 0 saturated heterocycles. The topological polar surface area (TPSA) is 58.6 Å². The molecule has 1 fully saturated rings. The van der Waals surface area contributed by atoms with Crippen molar-refractivity contribution in [3.63, 3.8) is 0 Å². The van der Waals surface area contributed by atoms with Crippen molar-refractivity contribution < 1.29 is 14.3 Å². The lowest BCUT2D eigenvalue weighted by molar-refractivity contribution is -0.141. The SMILES string of the molecule is CCC(C(=O)NC1CCCC1)N(Cc1ccc(OC)cc1)C(=O)CCc1cccc2ccccc12. The number of methoxy groups -OCH3 is 1. The van der Waals surface area contributed by atoms with E-state index in [0.29, 0.717) is 25.8 Å². The van der Waals surface area contributed by atoms with E-state index in [-0.39, 0.29) is 17.9 Å². The predicted molar refractivity (Wildman–Crippen MR) is 140 cm³/mol. The number of nitrogens with one attached hydrogen (secondary N) is 1. The van der Waals surface area contributed by atoms with Crippen molar-refractivity contribution in [3.8, 4) is 5.75 Å². The highest BCUT2D eigenvalue weighted by atomic mass is 16.5. The highest BCUT2D eigenvalue weighted by molar-refractivity contribution is 5.89. The molecule has 184 valence electrons. The highest BCUT2D eigenvalue weighted by Crippen LogP contribution is 2.23. The minimum atomic E-state index is -0.488. The Hall–Kier alpha value is -3.34. The van der Waals surface area contributed by atoms with Crippen LogP contribution in [0.2, 0.25) is 0 Å². The van der Waals surface area contributed by atoms with E-state index >= 15 is 0 Å². The van der Waals surface area contributed by atoms with E-state index in [0.717, 1.165) is 42.6 Å². The molecule has 1 saturated carbocycles. The Balaban J connectivity index is 1.53. The van der Waals surface area contributed by atoms with Crippen LogP contribution in [0.4, 0.5) is 0 Å². The first kappa shape index (κ1) is 24.8. The third-order valence-electron chi connectivity index (χ3n) is 7.09. The van der Waals surface area contributed by atoms with E-state index in [9.17, 15) is 9.59 Å². The van der Waals surface area contributed by atoms with Crippen molar-refractivity contribution in [2.24, 2.45) is 0 Å². The summed E-state index contributed by atoms with van der Waals surface area (Å²) < 4.78 is 5.28. The van der Waals surface area contributed by atoms with Crippen LogP contribution < -0.4 is 10.1 Å². The minimum Gasteiger partial charge on any atom is -0.497 e. The Bertz CT molecular complexity index is 1130. The summed E-state index contributed by atoms with van der Waals surface area (Å²) in [5.74, 6) is 0.738. The van der Waals surface area contributed by atoms with Crippen LogP contribution in [0.15, 0.2) is 66.7 Å². The van der Waals surface area contributed by atoms with Gasteiger partial charge in [-0.3, -0.25) is 9.59 Å². The number of ether oxygens (including phenoxy) is 1. The van der Waals surface area contributed by atoms with Crippen LogP contribution in [0.3, 0.4) is 0 Å². The molecule has 5 heteroatoms. The van der Waals surface area contributed by atoms with Gasteiger partial charge >= 0.3 is 0 Å². The third kappa shape index (κ3) is 6.21. The van der Waals surface area contributed by atoms with Gasteiger partial charge in [-0.2, -0.15) is 0 Å². The summed E-state index contributed by atoms with van der Waals surface area (Å²) in [7, 11) is 1.64. The summed E-state index contributed by atoms with van der Waals surface area (Å²) in [6, 6.07) is 21.9. The molecular weight excluding hydrogens is 436 g/mol. The number of hydrogen-bond acceptors (Lipinski definition) is 3. The maximum Gasteiger partial charge on any atom is 0.243 e. The molecule has 3 aromatic carbocycles. The second-order valence-corrected chi connectivity index (χ2v) is 9.42. The summed E-state index contributed by atoms with van der Waals surface area (Å²) in [6.45, 7) is 2.38. The maximum absolute atomic E-state index is 13.6. The molecule has 5 nitrogen and oxygen atoms in total. The molecule has 0 bridgehead atoms. The molecule has 1 aliphatic carbocycles. The van der Waals surface area contributed by atoms with Gasteiger partial charge < -0.3 is 15.0 Å². The molecule has 1 unspecified atom stereocenters. The molecule has 0 aliphatic heterocycles. The Morgan fingerprint density at radius 2 is 1.71 bits per heavy atom. The van der Waals surface area contributed by atoms with Crippen molar-refractivity contribution in [2.45, 2.75) is 70.5 Å². The molecule has 1 atom stereocenters. The molecule has 0 radical (unpaired) electrons. The van der Waals surface area contributed by atoms with Gasteiger partial charge in [-0.15, -0.1) is 0 Å². The number of carbonyl (C=O) groups excluding carboxylic acids is 2. The molecule has 0 aromatic heterocycles. The van der Waals surface area contributed by atoms with Gasteiger partial charge in [0.2, 0.25) is 11.8 Å². The van der Waals surface area contributed by atoms with Crippen LogP contribution in [0, 0.1) is 0 Å². The fourth-order valence-corrected chi connectivity index (χ4v) is 5.11. The van der Waals surface area contributed by atoms with Crippen LogP contribution in [0.5, 0.6) is 5.75 Å². The monoisotopic (exact) mass is 472 g/mol. The summed E-state index contributed by atoms with van der Waals surface area (Å²) in [5, 5.41) is 5.57. The van der Waals surface area contributed by atoms with Gasteiger partial charge in [-0.25, -0.2) is 0 Å². The zero-order valence-corrected chi connectivity index (χ0v) is 20.8. The minimum absolute atomic E-state index is 0.00201. The average Bonchev–Trinajstić information content (AvgIpc) is 3.40. The van der Waals surface area contributed by atoms with Gasteiger partial charge in [-0.05, 0) is 59.7 Å². The molecule has 35 heavy (non-hydrogen) atoms. The number of benzene rings is 3. The van der Waals surface area contributed by atoms with Crippen molar-refractivity contribution in [1.82, 2.24) is 10.2 Å². The smallest absolute Gasteiger partial charge is 0.243 e. The number of fused-ring (bicyclic) bond motifs is 1. The van der Waals surface area contributed by atoms with Gasteiger partial charge in [0.15, 0.2) is 0 Å². The molecule has 3 aromatic rings. The normalized spacial score (nSPS) is 14.6. The van der Waals surface area contributed by atoms with E-state index in [1.54, 1.807) is 12.0 Å².